The van der Waals surface area contributed by atoms with Gasteiger partial charge in [-0.15, -0.1) is 0 Å². The maximum Gasteiger partial charge on any atom is 0.244 e. The monoisotopic (exact) mass is 340 g/mol. The Labute approximate surface area is 136 Å². The molecule has 0 aliphatic carbocycles. The lowest BCUT2D eigenvalue weighted by molar-refractivity contribution is -0.133. The number of carbonyl (C=O) groups excluding carboxylic acids is 1. The van der Waals surface area contributed by atoms with Crippen molar-refractivity contribution in [2.75, 3.05) is 13.1 Å². The maximum absolute atomic E-state index is 13.8. The Morgan fingerprint density at radius 3 is 2.52 bits per heavy atom. The number of sulfonamides is 1. The third-order valence-electron chi connectivity index (χ3n) is 3.71. The predicted octanol–water partition coefficient (Wildman–Crippen LogP) is 1.92. The first kappa shape index (κ1) is 17.6. The van der Waals surface area contributed by atoms with E-state index in [1.165, 1.54) is 18.2 Å². The molecule has 1 N–H and O–H groups in total. The van der Waals surface area contributed by atoms with Crippen LogP contribution in [0.5, 0.6) is 0 Å². The number of amides is 1. The molecule has 0 spiro atoms. The first-order chi connectivity index (χ1) is 10.8. The molecule has 1 aliphatic rings. The Morgan fingerprint density at radius 2 is 1.96 bits per heavy atom. The summed E-state index contributed by atoms with van der Waals surface area (Å²) in [5.41, 5.74) is 0. The van der Waals surface area contributed by atoms with Crippen LogP contribution in [0.1, 0.15) is 20.3 Å². The number of hydrogen-bond acceptors (Lipinski definition) is 3. The van der Waals surface area contributed by atoms with Gasteiger partial charge in [0, 0.05) is 13.1 Å². The van der Waals surface area contributed by atoms with Gasteiger partial charge in [0.15, 0.2) is 0 Å². The van der Waals surface area contributed by atoms with Crippen LogP contribution in [-0.4, -0.2) is 38.4 Å². The van der Waals surface area contributed by atoms with Crippen molar-refractivity contribution in [2.45, 2.75) is 31.2 Å². The molecule has 0 bridgehead atoms. The molecule has 0 saturated heterocycles. The molecule has 0 radical (unpaired) electrons. The van der Waals surface area contributed by atoms with Crippen LogP contribution in [-0.2, 0) is 14.8 Å². The van der Waals surface area contributed by atoms with E-state index in [2.05, 4.69) is 4.72 Å². The second-order valence-electron chi connectivity index (χ2n) is 5.82. The predicted molar refractivity (Wildman–Crippen MR) is 85.7 cm³/mol. The zero-order valence-electron chi connectivity index (χ0n) is 13.2. The van der Waals surface area contributed by atoms with Crippen molar-refractivity contribution in [3.63, 3.8) is 0 Å². The highest BCUT2D eigenvalue weighted by Gasteiger charge is 2.32. The first-order valence-corrected chi connectivity index (χ1v) is 9.02. The summed E-state index contributed by atoms with van der Waals surface area (Å²) in [6.45, 7) is 4.53. The summed E-state index contributed by atoms with van der Waals surface area (Å²) in [7, 11) is -4.11. The fourth-order valence-corrected chi connectivity index (χ4v) is 3.82. The highest BCUT2D eigenvalue weighted by Crippen LogP contribution is 2.17. The molecule has 1 aliphatic heterocycles. The van der Waals surface area contributed by atoms with Crippen molar-refractivity contribution >= 4 is 15.9 Å². The van der Waals surface area contributed by atoms with Crippen LogP contribution in [0.3, 0.4) is 0 Å². The van der Waals surface area contributed by atoms with E-state index < -0.39 is 26.8 Å². The quantitative estimate of drug-likeness (QED) is 0.833. The minimum Gasteiger partial charge on any atom is -0.337 e. The van der Waals surface area contributed by atoms with Gasteiger partial charge < -0.3 is 4.90 Å². The summed E-state index contributed by atoms with van der Waals surface area (Å²) < 4.78 is 41.0. The molecule has 1 amide bonds. The average Bonchev–Trinajstić information content (AvgIpc) is 2.53. The molecule has 1 aromatic carbocycles. The molecule has 1 heterocycles. The second-order valence-corrected chi connectivity index (χ2v) is 7.50. The summed E-state index contributed by atoms with van der Waals surface area (Å²) in [6.07, 6.45) is 4.61. The van der Waals surface area contributed by atoms with Crippen molar-refractivity contribution in [1.82, 2.24) is 9.62 Å². The number of nitrogens with one attached hydrogen (secondary N) is 1. The van der Waals surface area contributed by atoms with Crippen LogP contribution < -0.4 is 4.72 Å². The van der Waals surface area contributed by atoms with E-state index in [-0.39, 0.29) is 11.8 Å². The van der Waals surface area contributed by atoms with Crippen LogP contribution >= 0.6 is 0 Å². The normalized spacial score (nSPS) is 16.6. The van der Waals surface area contributed by atoms with Crippen LogP contribution in [0, 0.1) is 11.7 Å². The van der Waals surface area contributed by atoms with Gasteiger partial charge in [0.1, 0.15) is 16.8 Å². The Balaban J connectivity index is 2.24. The fourth-order valence-electron chi connectivity index (χ4n) is 2.40. The molecule has 1 aromatic rings. The lowest BCUT2D eigenvalue weighted by atomic mass is 10.0. The molecule has 5 nitrogen and oxygen atoms in total. The van der Waals surface area contributed by atoms with Crippen molar-refractivity contribution < 1.29 is 17.6 Å². The standard InChI is InChI=1S/C16H21FN2O3S/c1-12(2)15(16(20)19-10-6-3-7-11-19)18-23(21,22)14-9-5-4-8-13(14)17/h3-6,8-9,12,15,18H,7,10-11H2,1-2H3. The highest BCUT2D eigenvalue weighted by molar-refractivity contribution is 7.89. The summed E-state index contributed by atoms with van der Waals surface area (Å²) in [6, 6.07) is 4.20. The van der Waals surface area contributed by atoms with Gasteiger partial charge in [-0.3, -0.25) is 4.79 Å². The Morgan fingerprint density at radius 1 is 1.26 bits per heavy atom. The lowest BCUT2D eigenvalue weighted by Crippen LogP contribution is -2.51. The van der Waals surface area contributed by atoms with Crippen molar-refractivity contribution in [1.29, 1.82) is 0 Å². The van der Waals surface area contributed by atoms with Gasteiger partial charge in [0.05, 0.1) is 0 Å². The van der Waals surface area contributed by atoms with E-state index >= 15 is 0 Å². The lowest BCUT2D eigenvalue weighted by Gasteiger charge is -2.30. The summed E-state index contributed by atoms with van der Waals surface area (Å²) in [4.78, 5) is 13.8. The molecule has 23 heavy (non-hydrogen) atoms. The smallest absolute Gasteiger partial charge is 0.244 e. The van der Waals surface area contributed by atoms with Gasteiger partial charge in [-0.05, 0) is 24.5 Å². The topological polar surface area (TPSA) is 66.5 Å². The van der Waals surface area contributed by atoms with E-state index in [4.69, 9.17) is 0 Å². The average molecular weight is 340 g/mol. The van der Waals surface area contributed by atoms with Crippen LogP contribution in [0.15, 0.2) is 41.3 Å². The molecule has 0 fully saturated rings. The van der Waals surface area contributed by atoms with E-state index in [1.807, 2.05) is 12.2 Å². The van der Waals surface area contributed by atoms with Crippen LogP contribution in [0.4, 0.5) is 4.39 Å². The summed E-state index contributed by atoms with van der Waals surface area (Å²) in [5.74, 6) is -1.38. The van der Waals surface area contributed by atoms with Gasteiger partial charge in [0.25, 0.3) is 0 Å². The molecule has 2 rings (SSSR count). The highest BCUT2D eigenvalue weighted by atomic mass is 32.2. The third-order valence-corrected chi connectivity index (χ3v) is 5.19. The largest absolute Gasteiger partial charge is 0.337 e. The van der Waals surface area contributed by atoms with Crippen molar-refractivity contribution in [3.05, 3.63) is 42.2 Å². The number of hydrogen-bond donors (Lipinski definition) is 1. The van der Waals surface area contributed by atoms with Crippen molar-refractivity contribution in [3.8, 4) is 0 Å². The Kier molecular flexibility index (Phi) is 5.54. The number of nitrogens with zero attached hydrogens (tertiary/aromatic N) is 1. The van der Waals surface area contributed by atoms with E-state index in [0.29, 0.717) is 13.1 Å². The molecular formula is C16H21FN2O3S. The Hall–Kier alpha value is -1.73. The molecule has 1 atom stereocenters. The van der Waals surface area contributed by atoms with E-state index in [9.17, 15) is 17.6 Å². The van der Waals surface area contributed by atoms with Gasteiger partial charge in [-0.2, -0.15) is 4.72 Å². The SMILES string of the molecule is CC(C)C(NS(=O)(=O)c1ccccc1F)C(=O)N1CC=CCC1. The van der Waals surface area contributed by atoms with E-state index in [0.717, 1.165) is 12.5 Å². The first-order valence-electron chi connectivity index (χ1n) is 7.53. The Bertz CT molecular complexity index is 701. The molecule has 126 valence electrons. The molecule has 1 unspecified atom stereocenters. The number of carbonyl (C=O) groups is 1. The molecule has 0 saturated carbocycles. The number of benzene rings is 1. The van der Waals surface area contributed by atoms with Gasteiger partial charge >= 0.3 is 0 Å². The third kappa shape index (κ3) is 4.17. The molecule has 0 aromatic heterocycles. The minimum atomic E-state index is -4.11. The van der Waals surface area contributed by atoms with Gasteiger partial charge in [-0.1, -0.05) is 38.1 Å². The minimum absolute atomic E-state index is 0.255. The van der Waals surface area contributed by atoms with E-state index in [1.54, 1.807) is 18.7 Å². The zero-order valence-corrected chi connectivity index (χ0v) is 14.0. The molecular weight excluding hydrogens is 319 g/mol. The number of halogens is 1. The number of rotatable bonds is 5. The van der Waals surface area contributed by atoms with Crippen molar-refractivity contribution in [2.24, 2.45) is 5.92 Å². The molecule has 7 heteroatoms. The van der Waals surface area contributed by atoms with Crippen LogP contribution in [0.2, 0.25) is 0 Å². The summed E-state index contributed by atoms with van der Waals surface area (Å²) >= 11 is 0. The zero-order chi connectivity index (χ0) is 17.0. The van der Waals surface area contributed by atoms with Crippen LogP contribution in [0.25, 0.3) is 0 Å². The van der Waals surface area contributed by atoms with Gasteiger partial charge in [0.2, 0.25) is 15.9 Å². The second kappa shape index (κ2) is 7.23. The fraction of sp³-hybridized carbons (Fsp3) is 0.438. The van der Waals surface area contributed by atoms with Gasteiger partial charge in [-0.25, -0.2) is 12.8 Å². The maximum atomic E-state index is 13.8. The summed E-state index contributed by atoms with van der Waals surface area (Å²) in [5, 5.41) is 0.